The number of hydrogen-bond donors (Lipinski definition) is 2. The summed E-state index contributed by atoms with van der Waals surface area (Å²) in [4.78, 5) is 14.1. The second-order valence-electron chi connectivity index (χ2n) is 2.74. The third-order valence-electron chi connectivity index (χ3n) is 1.69. The molecule has 0 aliphatic heterocycles. The number of thioether (sulfide) groups is 1. The first-order valence-corrected chi connectivity index (χ1v) is 5.59. The third-order valence-corrected chi connectivity index (χ3v) is 2.30. The van der Waals surface area contributed by atoms with Crippen LogP contribution in [-0.2, 0) is 11.3 Å². The molecule has 0 atom stereocenters. The van der Waals surface area contributed by atoms with Crippen LogP contribution in [0.25, 0.3) is 0 Å². The van der Waals surface area contributed by atoms with E-state index < -0.39 is 0 Å². The number of hydrogen-bond acceptors (Lipinski definition) is 2. The summed E-state index contributed by atoms with van der Waals surface area (Å²) in [6.45, 7) is 0.622. The highest BCUT2D eigenvalue weighted by molar-refractivity contribution is 7.98. The zero-order valence-electron chi connectivity index (χ0n) is 7.67. The Morgan fingerprint density at radius 2 is 2.54 bits per heavy atom. The van der Waals surface area contributed by atoms with Gasteiger partial charge in [0.05, 0.1) is 0 Å². The summed E-state index contributed by atoms with van der Waals surface area (Å²) in [6.07, 6.45) is 6.34. The Morgan fingerprint density at radius 1 is 1.69 bits per heavy atom. The average molecular weight is 198 g/mol. The van der Waals surface area contributed by atoms with Crippen LogP contribution in [0, 0.1) is 0 Å². The lowest BCUT2D eigenvalue weighted by Crippen LogP contribution is -2.22. The fourth-order valence-electron chi connectivity index (χ4n) is 0.952. The summed E-state index contributed by atoms with van der Waals surface area (Å²) in [5.74, 6) is 1.01. The smallest absolute Gasteiger partial charge is 0.221 e. The lowest BCUT2D eigenvalue weighted by Gasteiger charge is -2.01. The molecule has 72 valence electrons. The van der Waals surface area contributed by atoms with Gasteiger partial charge in [-0.3, -0.25) is 4.79 Å². The molecule has 1 aromatic rings. The van der Waals surface area contributed by atoms with Crippen LogP contribution >= 0.6 is 11.8 Å². The van der Waals surface area contributed by atoms with Crippen molar-refractivity contribution in [3.05, 3.63) is 24.0 Å². The first-order valence-electron chi connectivity index (χ1n) is 4.20. The predicted octanol–water partition coefficient (Wildman–Crippen LogP) is 1.38. The lowest BCUT2D eigenvalue weighted by atomic mass is 10.3. The van der Waals surface area contributed by atoms with Gasteiger partial charge in [-0.25, -0.2) is 0 Å². The summed E-state index contributed by atoms with van der Waals surface area (Å²) in [5.41, 5.74) is 1.11. The molecule has 1 rings (SSSR count). The Balaban J connectivity index is 2.15. The first-order chi connectivity index (χ1) is 6.33. The molecule has 0 radical (unpaired) electrons. The van der Waals surface area contributed by atoms with Gasteiger partial charge in [0.15, 0.2) is 0 Å². The van der Waals surface area contributed by atoms with Crippen LogP contribution in [0.4, 0.5) is 0 Å². The first kappa shape index (κ1) is 10.2. The van der Waals surface area contributed by atoms with Crippen LogP contribution in [0.5, 0.6) is 0 Å². The zero-order valence-corrected chi connectivity index (χ0v) is 8.49. The average Bonchev–Trinajstić information content (AvgIpc) is 2.64. The minimum absolute atomic E-state index is 0.121. The second kappa shape index (κ2) is 5.70. The highest BCUT2D eigenvalue weighted by Crippen LogP contribution is 1.97. The van der Waals surface area contributed by atoms with Gasteiger partial charge in [-0.05, 0) is 17.9 Å². The molecule has 13 heavy (non-hydrogen) atoms. The van der Waals surface area contributed by atoms with Crippen LogP contribution in [0.2, 0.25) is 0 Å². The number of aromatic nitrogens is 1. The molecular weight excluding hydrogens is 184 g/mol. The number of carbonyl (C=O) groups is 1. The second-order valence-corrected chi connectivity index (χ2v) is 3.72. The van der Waals surface area contributed by atoms with Crippen molar-refractivity contribution in [2.75, 3.05) is 12.0 Å². The summed E-state index contributed by atoms with van der Waals surface area (Å²) in [5, 5.41) is 2.85. The Morgan fingerprint density at radius 3 is 3.15 bits per heavy atom. The Kier molecular flexibility index (Phi) is 4.46. The molecule has 0 fully saturated rings. The molecule has 0 unspecified atom stereocenters. The van der Waals surface area contributed by atoms with Crippen molar-refractivity contribution in [1.82, 2.24) is 10.3 Å². The van der Waals surface area contributed by atoms with Gasteiger partial charge in [-0.2, -0.15) is 11.8 Å². The van der Waals surface area contributed by atoms with E-state index >= 15 is 0 Å². The SMILES string of the molecule is CSCCC(=O)NCc1cc[nH]c1. The fourth-order valence-corrected chi connectivity index (χ4v) is 1.34. The number of rotatable bonds is 5. The maximum atomic E-state index is 11.2. The van der Waals surface area contributed by atoms with Crippen LogP contribution < -0.4 is 5.32 Å². The summed E-state index contributed by atoms with van der Waals surface area (Å²) < 4.78 is 0. The maximum absolute atomic E-state index is 11.2. The van der Waals surface area contributed by atoms with Crippen LogP contribution in [0.15, 0.2) is 18.5 Å². The summed E-state index contributed by atoms with van der Waals surface area (Å²) in [6, 6.07) is 1.95. The molecule has 3 nitrogen and oxygen atoms in total. The van der Waals surface area contributed by atoms with Crippen molar-refractivity contribution in [1.29, 1.82) is 0 Å². The van der Waals surface area contributed by atoms with Gasteiger partial charge in [0.2, 0.25) is 5.91 Å². The molecule has 1 amide bonds. The van der Waals surface area contributed by atoms with E-state index in [-0.39, 0.29) is 5.91 Å². The van der Waals surface area contributed by atoms with Crippen molar-refractivity contribution < 1.29 is 4.79 Å². The van der Waals surface area contributed by atoms with Crippen LogP contribution in [0.1, 0.15) is 12.0 Å². The highest BCUT2D eigenvalue weighted by Gasteiger charge is 1.99. The molecule has 4 heteroatoms. The van der Waals surface area contributed by atoms with Gasteiger partial charge in [-0.15, -0.1) is 0 Å². The number of nitrogens with one attached hydrogen (secondary N) is 2. The van der Waals surface area contributed by atoms with E-state index in [2.05, 4.69) is 10.3 Å². The van der Waals surface area contributed by atoms with E-state index in [4.69, 9.17) is 0 Å². The number of carbonyl (C=O) groups excluding carboxylic acids is 1. The molecule has 1 heterocycles. The van der Waals surface area contributed by atoms with E-state index in [1.54, 1.807) is 11.8 Å². The molecule has 0 spiro atoms. The van der Waals surface area contributed by atoms with Gasteiger partial charge in [-0.1, -0.05) is 0 Å². The fraction of sp³-hybridized carbons (Fsp3) is 0.444. The number of amides is 1. The minimum atomic E-state index is 0.121. The minimum Gasteiger partial charge on any atom is -0.367 e. The standard InChI is InChI=1S/C9H14N2OS/c1-13-5-3-9(12)11-7-8-2-4-10-6-8/h2,4,6,10H,3,5,7H2,1H3,(H,11,12). The molecule has 0 aromatic carbocycles. The Labute approximate surface area is 82.3 Å². The van der Waals surface area contributed by atoms with Crippen molar-refractivity contribution in [3.8, 4) is 0 Å². The Hall–Kier alpha value is -0.900. The molecule has 2 N–H and O–H groups in total. The maximum Gasteiger partial charge on any atom is 0.221 e. The largest absolute Gasteiger partial charge is 0.367 e. The summed E-state index contributed by atoms with van der Waals surface area (Å²) >= 11 is 1.69. The van der Waals surface area contributed by atoms with Gasteiger partial charge < -0.3 is 10.3 Å². The molecule has 0 bridgehead atoms. The van der Waals surface area contributed by atoms with E-state index in [0.29, 0.717) is 13.0 Å². The Bertz CT molecular complexity index is 246. The normalized spacial score (nSPS) is 9.92. The zero-order chi connectivity index (χ0) is 9.52. The molecule has 0 aliphatic carbocycles. The van der Waals surface area contributed by atoms with Crippen LogP contribution in [-0.4, -0.2) is 22.9 Å². The van der Waals surface area contributed by atoms with Crippen molar-refractivity contribution in [2.45, 2.75) is 13.0 Å². The van der Waals surface area contributed by atoms with E-state index in [9.17, 15) is 4.79 Å². The third kappa shape index (κ3) is 4.03. The number of H-pyrrole nitrogens is 1. The predicted molar refractivity (Wildman–Crippen MR) is 55.6 cm³/mol. The number of aromatic amines is 1. The lowest BCUT2D eigenvalue weighted by molar-refractivity contribution is -0.120. The van der Waals surface area contributed by atoms with Crippen LogP contribution in [0.3, 0.4) is 0 Å². The van der Waals surface area contributed by atoms with E-state index in [1.165, 1.54) is 0 Å². The van der Waals surface area contributed by atoms with Gasteiger partial charge in [0, 0.05) is 31.1 Å². The summed E-state index contributed by atoms with van der Waals surface area (Å²) in [7, 11) is 0. The van der Waals surface area contributed by atoms with Crippen molar-refractivity contribution >= 4 is 17.7 Å². The van der Waals surface area contributed by atoms with Crippen molar-refractivity contribution in [3.63, 3.8) is 0 Å². The van der Waals surface area contributed by atoms with E-state index in [0.717, 1.165) is 11.3 Å². The molecular formula is C9H14N2OS. The molecule has 0 saturated carbocycles. The molecule has 1 aromatic heterocycles. The molecule has 0 saturated heterocycles. The molecule has 0 aliphatic rings. The van der Waals surface area contributed by atoms with E-state index in [1.807, 2.05) is 24.7 Å². The van der Waals surface area contributed by atoms with Gasteiger partial charge >= 0.3 is 0 Å². The highest BCUT2D eigenvalue weighted by atomic mass is 32.2. The quantitative estimate of drug-likeness (QED) is 0.751. The van der Waals surface area contributed by atoms with Crippen molar-refractivity contribution in [2.24, 2.45) is 0 Å². The van der Waals surface area contributed by atoms with Gasteiger partial charge in [0.25, 0.3) is 0 Å². The monoisotopic (exact) mass is 198 g/mol. The topological polar surface area (TPSA) is 44.9 Å². The van der Waals surface area contributed by atoms with Gasteiger partial charge in [0.1, 0.15) is 0 Å².